The highest BCUT2D eigenvalue weighted by Crippen LogP contribution is 2.10. The van der Waals surface area contributed by atoms with Gasteiger partial charge in [0.2, 0.25) is 5.91 Å². The fraction of sp³-hybridized carbons (Fsp3) is 0.444. The average Bonchev–Trinajstić information content (AvgIpc) is 2.52. The number of amides is 1. The minimum Gasteiger partial charge on any atom is -0.460 e. The van der Waals surface area contributed by atoms with Crippen LogP contribution < -0.4 is 10.6 Å². The molecule has 6 heteroatoms. The average molecular weight is 334 g/mol. The minimum atomic E-state index is -0.412. The number of anilines is 1. The molecule has 1 amide bonds. The van der Waals surface area contributed by atoms with Crippen LogP contribution in [0.1, 0.15) is 26.3 Å². The predicted octanol–water partition coefficient (Wildman–Crippen LogP) is 2.22. The zero-order chi connectivity index (χ0) is 17.8. The number of ether oxygens (including phenoxy) is 2. The number of benzene rings is 1. The van der Waals surface area contributed by atoms with Crippen LogP contribution in [0.3, 0.4) is 0 Å². The smallest absolute Gasteiger partial charge is 0.330 e. The molecule has 24 heavy (non-hydrogen) atoms. The molecule has 0 saturated carbocycles. The summed E-state index contributed by atoms with van der Waals surface area (Å²) < 4.78 is 10.4. The summed E-state index contributed by atoms with van der Waals surface area (Å²) in [6.45, 7) is 7.57. The lowest BCUT2D eigenvalue weighted by atomic mass is 10.2. The Labute approximate surface area is 143 Å². The second-order valence-corrected chi connectivity index (χ2v) is 5.53. The number of carbonyl (C=O) groups is 2. The van der Waals surface area contributed by atoms with Gasteiger partial charge in [0.15, 0.2) is 0 Å². The van der Waals surface area contributed by atoms with Crippen molar-refractivity contribution in [2.75, 3.05) is 31.7 Å². The molecule has 0 saturated heterocycles. The highest BCUT2D eigenvalue weighted by Gasteiger charge is 1.99. The number of nitrogens with one attached hydrogen (secondary N) is 2. The topological polar surface area (TPSA) is 76.7 Å². The first-order chi connectivity index (χ1) is 11.5. The molecule has 132 valence electrons. The van der Waals surface area contributed by atoms with Crippen molar-refractivity contribution in [1.82, 2.24) is 5.32 Å². The quantitative estimate of drug-likeness (QED) is 0.390. The Bertz CT molecular complexity index is 538. The molecule has 0 bridgehead atoms. The highest BCUT2D eigenvalue weighted by molar-refractivity contribution is 5.89. The van der Waals surface area contributed by atoms with Crippen molar-refractivity contribution in [3.8, 4) is 0 Å². The van der Waals surface area contributed by atoms with E-state index in [0.717, 1.165) is 12.1 Å². The van der Waals surface area contributed by atoms with Gasteiger partial charge in [-0.05, 0) is 23.8 Å². The molecular weight excluding hydrogens is 308 g/mol. The van der Waals surface area contributed by atoms with Crippen molar-refractivity contribution in [1.29, 1.82) is 0 Å². The van der Waals surface area contributed by atoms with Gasteiger partial charge < -0.3 is 20.1 Å². The van der Waals surface area contributed by atoms with E-state index in [-0.39, 0.29) is 12.5 Å². The molecule has 0 fully saturated rings. The standard InChI is InChI=1S/C18H26N2O4/c1-14(2)19-10-11-23-12-13-24-18(22)9-6-16-4-7-17(8-5-16)20-15(3)21/h4-9,14,19H,10-13H2,1-3H3,(H,20,21)/b9-6+. The van der Waals surface area contributed by atoms with Crippen LogP contribution in [0, 0.1) is 0 Å². The maximum absolute atomic E-state index is 11.6. The molecule has 0 spiro atoms. The van der Waals surface area contributed by atoms with Crippen LogP contribution in [0.5, 0.6) is 0 Å². The first-order valence-electron chi connectivity index (χ1n) is 8.01. The summed E-state index contributed by atoms with van der Waals surface area (Å²) >= 11 is 0. The van der Waals surface area contributed by atoms with Gasteiger partial charge in [0.05, 0.1) is 13.2 Å². The van der Waals surface area contributed by atoms with Gasteiger partial charge in [-0.25, -0.2) is 4.79 Å². The molecule has 0 aliphatic carbocycles. The lowest BCUT2D eigenvalue weighted by Crippen LogP contribution is -2.27. The van der Waals surface area contributed by atoms with Crippen LogP contribution in [0.4, 0.5) is 5.69 Å². The van der Waals surface area contributed by atoms with E-state index in [1.54, 1.807) is 30.3 Å². The molecule has 0 aliphatic heterocycles. The SMILES string of the molecule is CC(=O)Nc1ccc(/C=C/C(=O)OCCOCCNC(C)C)cc1. The van der Waals surface area contributed by atoms with E-state index in [0.29, 0.717) is 24.9 Å². The fourth-order valence-electron chi connectivity index (χ4n) is 1.82. The van der Waals surface area contributed by atoms with Gasteiger partial charge in [-0.15, -0.1) is 0 Å². The molecule has 2 N–H and O–H groups in total. The molecule has 0 radical (unpaired) electrons. The third-order valence-corrected chi connectivity index (χ3v) is 2.91. The largest absolute Gasteiger partial charge is 0.460 e. The van der Waals surface area contributed by atoms with E-state index < -0.39 is 5.97 Å². The Morgan fingerprint density at radius 2 is 1.83 bits per heavy atom. The third-order valence-electron chi connectivity index (χ3n) is 2.91. The van der Waals surface area contributed by atoms with E-state index in [1.807, 2.05) is 0 Å². The Hall–Kier alpha value is -2.18. The summed E-state index contributed by atoms with van der Waals surface area (Å²) in [6.07, 6.45) is 3.03. The van der Waals surface area contributed by atoms with Gasteiger partial charge in [0.25, 0.3) is 0 Å². The number of carbonyl (C=O) groups excluding carboxylic acids is 2. The first-order valence-corrected chi connectivity index (χ1v) is 8.01. The Balaban J connectivity index is 2.20. The molecule has 1 aromatic rings. The van der Waals surface area contributed by atoms with Gasteiger partial charge in [-0.2, -0.15) is 0 Å². The van der Waals surface area contributed by atoms with Crippen LogP contribution in [0.25, 0.3) is 6.08 Å². The van der Waals surface area contributed by atoms with Crippen LogP contribution >= 0.6 is 0 Å². The van der Waals surface area contributed by atoms with Crippen LogP contribution in [0.2, 0.25) is 0 Å². The number of rotatable bonds is 10. The summed E-state index contributed by atoms with van der Waals surface area (Å²) in [4.78, 5) is 22.5. The van der Waals surface area contributed by atoms with E-state index in [9.17, 15) is 9.59 Å². The van der Waals surface area contributed by atoms with Gasteiger partial charge in [0.1, 0.15) is 6.61 Å². The summed E-state index contributed by atoms with van der Waals surface area (Å²) in [7, 11) is 0. The van der Waals surface area contributed by atoms with E-state index in [4.69, 9.17) is 9.47 Å². The fourth-order valence-corrected chi connectivity index (χ4v) is 1.82. The van der Waals surface area contributed by atoms with Crippen molar-refractivity contribution >= 4 is 23.6 Å². The minimum absolute atomic E-state index is 0.121. The number of hydrogen-bond acceptors (Lipinski definition) is 5. The number of hydrogen-bond donors (Lipinski definition) is 2. The maximum atomic E-state index is 11.6. The number of esters is 1. The predicted molar refractivity (Wildman–Crippen MR) is 94.7 cm³/mol. The Morgan fingerprint density at radius 3 is 2.46 bits per heavy atom. The van der Waals surface area contributed by atoms with Crippen molar-refractivity contribution in [2.45, 2.75) is 26.8 Å². The van der Waals surface area contributed by atoms with Crippen LogP contribution in [-0.2, 0) is 19.1 Å². The zero-order valence-electron chi connectivity index (χ0n) is 14.5. The third kappa shape index (κ3) is 9.76. The summed E-state index contributed by atoms with van der Waals surface area (Å²) in [5.74, 6) is -0.533. The van der Waals surface area contributed by atoms with E-state index in [2.05, 4.69) is 24.5 Å². The molecule has 0 heterocycles. The van der Waals surface area contributed by atoms with Crippen molar-refractivity contribution in [3.63, 3.8) is 0 Å². The van der Waals surface area contributed by atoms with Gasteiger partial charge >= 0.3 is 5.97 Å². The lowest BCUT2D eigenvalue weighted by Gasteiger charge is -2.08. The zero-order valence-corrected chi connectivity index (χ0v) is 14.5. The Morgan fingerprint density at radius 1 is 1.12 bits per heavy atom. The molecule has 1 aromatic carbocycles. The second kappa shape index (κ2) is 11.4. The molecular formula is C18H26N2O4. The van der Waals surface area contributed by atoms with Crippen LogP contribution in [0.15, 0.2) is 30.3 Å². The van der Waals surface area contributed by atoms with Crippen molar-refractivity contribution in [2.24, 2.45) is 0 Å². The monoisotopic (exact) mass is 334 g/mol. The molecule has 6 nitrogen and oxygen atoms in total. The summed E-state index contributed by atoms with van der Waals surface area (Å²) in [6, 6.07) is 7.58. The molecule has 1 rings (SSSR count). The van der Waals surface area contributed by atoms with Gasteiger partial charge in [-0.3, -0.25) is 4.79 Å². The highest BCUT2D eigenvalue weighted by atomic mass is 16.6. The summed E-state index contributed by atoms with van der Waals surface area (Å²) in [5.41, 5.74) is 1.56. The normalized spacial score (nSPS) is 11.0. The van der Waals surface area contributed by atoms with E-state index >= 15 is 0 Å². The Kier molecular flexibility index (Phi) is 9.41. The molecule has 0 unspecified atom stereocenters. The molecule has 0 aliphatic rings. The van der Waals surface area contributed by atoms with Gasteiger partial charge in [0, 0.05) is 31.3 Å². The molecule has 0 atom stereocenters. The lowest BCUT2D eigenvalue weighted by molar-refractivity contribution is -0.139. The summed E-state index contributed by atoms with van der Waals surface area (Å²) in [5, 5.41) is 5.91. The van der Waals surface area contributed by atoms with Gasteiger partial charge in [-0.1, -0.05) is 26.0 Å². The second-order valence-electron chi connectivity index (χ2n) is 5.53. The first kappa shape index (κ1) is 19.9. The molecule has 0 aromatic heterocycles. The maximum Gasteiger partial charge on any atom is 0.330 e. The van der Waals surface area contributed by atoms with Crippen molar-refractivity contribution < 1.29 is 19.1 Å². The van der Waals surface area contributed by atoms with Crippen molar-refractivity contribution in [3.05, 3.63) is 35.9 Å². The van der Waals surface area contributed by atoms with Crippen LogP contribution in [-0.4, -0.2) is 44.3 Å². The van der Waals surface area contributed by atoms with E-state index in [1.165, 1.54) is 13.0 Å².